The third kappa shape index (κ3) is 5.06. The molecular formula is C24H26N2O5. The summed E-state index contributed by atoms with van der Waals surface area (Å²) >= 11 is 0. The van der Waals surface area contributed by atoms with Crippen LogP contribution in [0, 0.1) is 0 Å². The average Bonchev–Trinajstić information content (AvgIpc) is 3.14. The normalized spacial score (nSPS) is 14.9. The molecule has 0 unspecified atom stereocenters. The lowest BCUT2D eigenvalue weighted by atomic mass is 10.1. The van der Waals surface area contributed by atoms with Gasteiger partial charge < -0.3 is 18.8 Å². The van der Waals surface area contributed by atoms with Crippen molar-refractivity contribution in [3.63, 3.8) is 0 Å². The Kier molecular flexibility index (Phi) is 6.52. The lowest BCUT2D eigenvalue weighted by Gasteiger charge is -2.21. The molecule has 1 fully saturated rings. The fourth-order valence-corrected chi connectivity index (χ4v) is 3.82. The maximum absolute atomic E-state index is 12.7. The highest BCUT2D eigenvalue weighted by Crippen LogP contribution is 2.25. The number of esters is 1. The first-order chi connectivity index (χ1) is 15.1. The average molecular weight is 422 g/mol. The quantitative estimate of drug-likeness (QED) is 0.568. The number of nitrogens with zero attached hydrogens (tertiary/aromatic N) is 2. The minimum absolute atomic E-state index is 0.0132. The number of fused-ring (bicyclic) bond motifs is 1. The number of amides is 1. The van der Waals surface area contributed by atoms with Gasteiger partial charge in [-0.05, 0) is 30.0 Å². The van der Waals surface area contributed by atoms with Crippen LogP contribution < -0.4 is 4.74 Å². The molecule has 31 heavy (non-hydrogen) atoms. The first-order valence-corrected chi connectivity index (χ1v) is 10.4. The molecule has 0 radical (unpaired) electrons. The number of carbonyl (C=O) groups excluding carboxylic acids is 2. The maximum Gasteiger partial charge on any atom is 0.373 e. The van der Waals surface area contributed by atoms with E-state index in [1.807, 2.05) is 47.4 Å². The number of benzene rings is 2. The predicted molar refractivity (Wildman–Crippen MR) is 116 cm³/mol. The minimum atomic E-state index is -0.481. The number of ether oxygens (including phenoxy) is 2. The van der Waals surface area contributed by atoms with Crippen molar-refractivity contribution in [2.75, 3.05) is 39.9 Å². The number of furan rings is 1. The summed E-state index contributed by atoms with van der Waals surface area (Å²) in [5.74, 6) is 1.14. The van der Waals surface area contributed by atoms with Crippen LogP contribution in [0.25, 0.3) is 10.8 Å². The number of hydrogen-bond donors (Lipinski definition) is 0. The van der Waals surface area contributed by atoms with Crippen molar-refractivity contribution < 1.29 is 23.5 Å². The number of carbonyl (C=O) groups is 2. The van der Waals surface area contributed by atoms with E-state index < -0.39 is 5.97 Å². The molecule has 7 heteroatoms. The topological polar surface area (TPSA) is 72.2 Å². The van der Waals surface area contributed by atoms with Crippen LogP contribution in [0.15, 0.2) is 59.0 Å². The highest BCUT2D eigenvalue weighted by atomic mass is 16.5. The van der Waals surface area contributed by atoms with Crippen molar-refractivity contribution in [3.05, 3.63) is 66.1 Å². The third-order valence-corrected chi connectivity index (χ3v) is 5.47. The van der Waals surface area contributed by atoms with E-state index in [1.54, 1.807) is 12.1 Å². The zero-order valence-corrected chi connectivity index (χ0v) is 17.6. The van der Waals surface area contributed by atoms with Gasteiger partial charge in [0.1, 0.15) is 11.5 Å². The highest BCUT2D eigenvalue weighted by molar-refractivity contribution is 5.88. The summed E-state index contributed by atoms with van der Waals surface area (Å²) in [6.45, 7) is 3.51. The summed E-state index contributed by atoms with van der Waals surface area (Å²) in [7, 11) is 1.33. The Balaban J connectivity index is 1.30. The van der Waals surface area contributed by atoms with Crippen LogP contribution in [0.4, 0.5) is 0 Å². The van der Waals surface area contributed by atoms with E-state index in [9.17, 15) is 9.59 Å². The molecule has 2 aromatic carbocycles. The molecule has 2 heterocycles. The SMILES string of the molecule is COC(=O)c1ccc(CN2CCCN(C(=O)COc3cccc4ccccc34)CC2)o1. The second kappa shape index (κ2) is 9.66. The van der Waals surface area contributed by atoms with Gasteiger partial charge in [0.25, 0.3) is 5.91 Å². The maximum atomic E-state index is 12.7. The molecule has 1 aliphatic rings. The van der Waals surface area contributed by atoms with E-state index in [0.717, 1.165) is 36.0 Å². The standard InChI is InChI=1S/C24H26N2O5/c1-29-24(28)22-11-10-19(31-22)16-25-12-5-13-26(15-14-25)23(27)17-30-21-9-4-7-18-6-2-3-8-20(18)21/h2-4,6-11H,5,12-17H2,1H3. The Morgan fingerprint density at radius 3 is 2.68 bits per heavy atom. The summed E-state index contributed by atoms with van der Waals surface area (Å²) in [4.78, 5) is 28.4. The summed E-state index contributed by atoms with van der Waals surface area (Å²) in [6, 6.07) is 17.3. The van der Waals surface area contributed by atoms with Crippen molar-refractivity contribution in [1.29, 1.82) is 0 Å². The predicted octanol–water partition coefficient (Wildman–Crippen LogP) is 3.33. The molecule has 162 valence electrons. The largest absolute Gasteiger partial charge is 0.483 e. The van der Waals surface area contributed by atoms with Crippen molar-refractivity contribution >= 4 is 22.6 Å². The summed E-state index contributed by atoms with van der Waals surface area (Å²) in [6.07, 6.45) is 0.866. The van der Waals surface area contributed by atoms with Gasteiger partial charge in [-0.1, -0.05) is 36.4 Å². The molecule has 0 atom stereocenters. The van der Waals surface area contributed by atoms with Crippen LogP contribution in [0.2, 0.25) is 0 Å². The lowest BCUT2D eigenvalue weighted by Crippen LogP contribution is -2.38. The molecule has 3 aromatic rings. The molecule has 0 bridgehead atoms. The highest BCUT2D eigenvalue weighted by Gasteiger charge is 2.21. The second-order valence-electron chi connectivity index (χ2n) is 7.53. The first-order valence-electron chi connectivity index (χ1n) is 10.4. The van der Waals surface area contributed by atoms with Gasteiger partial charge in [-0.2, -0.15) is 0 Å². The summed E-state index contributed by atoms with van der Waals surface area (Å²) in [5, 5.41) is 2.09. The molecule has 1 aliphatic heterocycles. The van der Waals surface area contributed by atoms with Crippen molar-refractivity contribution in [2.45, 2.75) is 13.0 Å². The molecule has 0 saturated carbocycles. The summed E-state index contributed by atoms with van der Waals surface area (Å²) in [5.41, 5.74) is 0. The number of rotatable bonds is 6. The van der Waals surface area contributed by atoms with Crippen LogP contribution in [0.1, 0.15) is 22.7 Å². The molecule has 4 rings (SSSR count). The minimum Gasteiger partial charge on any atom is -0.483 e. The van der Waals surface area contributed by atoms with Gasteiger partial charge in [0.2, 0.25) is 5.76 Å². The van der Waals surface area contributed by atoms with Crippen LogP contribution in [0.3, 0.4) is 0 Å². The van der Waals surface area contributed by atoms with E-state index in [1.165, 1.54) is 7.11 Å². The molecule has 1 amide bonds. The molecular weight excluding hydrogens is 396 g/mol. The van der Waals surface area contributed by atoms with Gasteiger partial charge in [-0.15, -0.1) is 0 Å². The Morgan fingerprint density at radius 2 is 1.81 bits per heavy atom. The lowest BCUT2D eigenvalue weighted by molar-refractivity contribution is -0.133. The Hall–Kier alpha value is -3.32. The van der Waals surface area contributed by atoms with Crippen molar-refractivity contribution in [1.82, 2.24) is 9.80 Å². The molecule has 7 nitrogen and oxygen atoms in total. The van der Waals surface area contributed by atoms with Gasteiger partial charge in [-0.25, -0.2) is 4.79 Å². The smallest absolute Gasteiger partial charge is 0.373 e. The van der Waals surface area contributed by atoms with Gasteiger partial charge in [0, 0.05) is 31.6 Å². The Bertz CT molecular complexity index is 1060. The first kappa shape index (κ1) is 20.9. The summed E-state index contributed by atoms with van der Waals surface area (Å²) < 4.78 is 16.1. The van der Waals surface area contributed by atoms with Crippen LogP contribution in [-0.2, 0) is 16.1 Å². The third-order valence-electron chi connectivity index (χ3n) is 5.47. The zero-order valence-electron chi connectivity index (χ0n) is 17.6. The van der Waals surface area contributed by atoms with Gasteiger partial charge in [0.05, 0.1) is 13.7 Å². The van der Waals surface area contributed by atoms with Crippen molar-refractivity contribution in [3.8, 4) is 5.75 Å². The fraction of sp³-hybridized carbons (Fsp3) is 0.333. The van der Waals surface area contributed by atoms with E-state index >= 15 is 0 Å². The molecule has 1 aromatic heterocycles. The Morgan fingerprint density at radius 1 is 0.968 bits per heavy atom. The molecule has 1 saturated heterocycles. The fourth-order valence-electron chi connectivity index (χ4n) is 3.82. The van der Waals surface area contributed by atoms with Crippen LogP contribution in [-0.4, -0.2) is 61.6 Å². The number of methoxy groups -OCH3 is 1. The van der Waals surface area contributed by atoms with Crippen LogP contribution in [0.5, 0.6) is 5.75 Å². The van der Waals surface area contributed by atoms with E-state index in [4.69, 9.17) is 9.15 Å². The van der Waals surface area contributed by atoms with E-state index in [-0.39, 0.29) is 18.3 Å². The molecule has 0 spiro atoms. The number of hydrogen-bond acceptors (Lipinski definition) is 6. The monoisotopic (exact) mass is 422 g/mol. The van der Waals surface area contributed by atoms with Crippen LogP contribution >= 0.6 is 0 Å². The Labute approximate surface area is 181 Å². The second-order valence-corrected chi connectivity index (χ2v) is 7.53. The van der Waals surface area contributed by atoms with E-state index in [0.29, 0.717) is 25.4 Å². The molecule has 0 N–H and O–H groups in total. The van der Waals surface area contributed by atoms with Crippen molar-refractivity contribution in [2.24, 2.45) is 0 Å². The van der Waals surface area contributed by atoms with Gasteiger partial charge in [0.15, 0.2) is 6.61 Å². The van der Waals surface area contributed by atoms with Gasteiger partial charge in [-0.3, -0.25) is 9.69 Å². The van der Waals surface area contributed by atoms with Gasteiger partial charge >= 0.3 is 5.97 Å². The molecule has 0 aliphatic carbocycles. The zero-order chi connectivity index (χ0) is 21.6. The van der Waals surface area contributed by atoms with E-state index in [2.05, 4.69) is 9.64 Å².